The summed E-state index contributed by atoms with van der Waals surface area (Å²) < 4.78 is 0. The SMILES string of the molecule is CCCC(C)(C)N1CC(C)(C)NCC1C(C)C. The minimum absolute atomic E-state index is 0.246. The molecular formula is C15H32N2. The van der Waals surface area contributed by atoms with Gasteiger partial charge in [-0.2, -0.15) is 0 Å². The summed E-state index contributed by atoms with van der Waals surface area (Å²) in [5, 5.41) is 3.69. The normalized spacial score (nSPS) is 26.5. The molecule has 17 heavy (non-hydrogen) atoms. The standard InChI is InChI=1S/C15H32N2/c1-8-9-15(6,7)17-11-14(4,5)16-10-13(17)12(2)3/h12-13,16H,8-11H2,1-7H3. The van der Waals surface area contributed by atoms with Crippen LogP contribution in [0, 0.1) is 5.92 Å². The Morgan fingerprint density at radius 3 is 2.41 bits per heavy atom. The van der Waals surface area contributed by atoms with Gasteiger partial charge in [0.1, 0.15) is 0 Å². The first kappa shape index (κ1) is 15.0. The van der Waals surface area contributed by atoms with Crippen LogP contribution in [0.15, 0.2) is 0 Å². The van der Waals surface area contributed by atoms with E-state index in [1.807, 2.05) is 0 Å². The smallest absolute Gasteiger partial charge is 0.0253 e. The molecule has 0 aromatic rings. The Morgan fingerprint density at radius 2 is 1.94 bits per heavy atom. The third-order valence-electron chi connectivity index (χ3n) is 4.16. The van der Waals surface area contributed by atoms with Crippen LogP contribution in [-0.4, -0.2) is 35.1 Å². The molecule has 0 saturated carbocycles. The van der Waals surface area contributed by atoms with Crippen molar-refractivity contribution in [2.45, 2.75) is 78.4 Å². The fourth-order valence-electron chi connectivity index (χ4n) is 3.10. The summed E-state index contributed by atoms with van der Waals surface area (Å²) in [5.74, 6) is 0.717. The summed E-state index contributed by atoms with van der Waals surface area (Å²) in [5.41, 5.74) is 0.569. The van der Waals surface area contributed by atoms with Crippen molar-refractivity contribution in [2.24, 2.45) is 5.92 Å². The first-order valence-electron chi connectivity index (χ1n) is 7.21. The fourth-order valence-corrected chi connectivity index (χ4v) is 3.10. The zero-order valence-electron chi connectivity index (χ0n) is 12.9. The zero-order chi connectivity index (χ0) is 13.3. The molecule has 0 bridgehead atoms. The van der Waals surface area contributed by atoms with Crippen LogP contribution in [-0.2, 0) is 0 Å². The highest BCUT2D eigenvalue weighted by Gasteiger charge is 2.40. The van der Waals surface area contributed by atoms with Crippen molar-refractivity contribution in [3.8, 4) is 0 Å². The molecular weight excluding hydrogens is 208 g/mol. The van der Waals surface area contributed by atoms with E-state index < -0.39 is 0 Å². The van der Waals surface area contributed by atoms with Crippen LogP contribution in [0.1, 0.15) is 61.3 Å². The van der Waals surface area contributed by atoms with Crippen molar-refractivity contribution in [3.05, 3.63) is 0 Å². The number of hydrogen-bond donors (Lipinski definition) is 1. The van der Waals surface area contributed by atoms with Crippen LogP contribution >= 0.6 is 0 Å². The largest absolute Gasteiger partial charge is 0.309 e. The van der Waals surface area contributed by atoms with Gasteiger partial charge in [-0.05, 0) is 40.0 Å². The van der Waals surface area contributed by atoms with Crippen molar-refractivity contribution < 1.29 is 0 Å². The molecule has 1 N–H and O–H groups in total. The second-order valence-corrected chi connectivity index (χ2v) is 7.27. The Hall–Kier alpha value is -0.0800. The lowest BCUT2D eigenvalue weighted by atomic mass is 9.85. The van der Waals surface area contributed by atoms with E-state index in [1.165, 1.54) is 12.8 Å². The first-order valence-corrected chi connectivity index (χ1v) is 7.21. The van der Waals surface area contributed by atoms with Gasteiger partial charge in [-0.15, -0.1) is 0 Å². The van der Waals surface area contributed by atoms with Crippen LogP contribution in [0.2, 0.25) is 0 Å². The number of piperazine rings is 1. The van der Waals surface area contributed by atoms with E-state index in [4.69, 9.17) is 0 Å². The molecule has 102 valence electrons. The molecule has 1 fully saturated rings. The van der Waals surface area contributed by atoms with Crippen LogP contribution < -0.4 is 5.32 Å². The van der Waals surface area contributed by atoms with E-state index in [0.29, 0.717) is 11.6 Å². The zero-order valence-corrected chi connectivity index (χ0v) is 12.9. The average Bonchev–Trinajstić information content (AvgIpc) is 2.15. The van der Waals surface area contributed by atoms with Crippen molar-refractivity contribution in [1.82, 2.24) is 10.2 Å². The van der Waals surface area contributed by atoms with Crippen LogP contribution in [0.3, 0.4) is 0 Å². The Morgan fingerprint density at radius 1 is 1.35 bits per heavy atom. The second kappa shape index (κ2) is 5.27. The van der Waals surface area contributed by atoms with Gasteiger partial charge < -0.3 is 5.32 Å². The highest BCUT2D eigenvalue weighted by molar-refractivity contribution is 4.98. The summed E-state index contributed by atoms with van der Waals surface area (Å²) in [7, 11) is 0. The van der Waals surface area contributed by atoms with E-state index in [9.17, 15) is 0 Å². The molecule has 1 unspecified atom stereocenters. The lowest BCUT2D eigenvalue weighted by Gasteiger charge is -2.53. The van der Waals surface area contributed by atoms with Gasteiger partial charge in [0, 0.05) is 30.2 Å². The molecule has 2 heteroatoms. The van der Waals surface area contributed by atoms with Gasteiger partial charge in [0.15, 0.2) is 0 Å². The molecule has 1 atom stereocenters. The van der Waals surface area contributed by atoms with Gasteiger partial charge in [-0.25, -0.2) is 0 Å². The first-order chi connectivity index (χ1) is 7.69. The maximum atomic E-state index is 3.69. The lowest BCUT2D eigenvalue weighted by molar-refractivity contribution is -0.0133. The minimum Gasteiger partial charge on any atom is -0.309 e. The molecule has 0 aromatic heterocycles. The van der Waals surface area contributed by atoms with E-state index in [1.54, 1.807) is 0 Å². The van der Waals surface area contributed by atoms with E-state index in [-0.39, 0.29) is 5.54 Å². The molecule has 1 aliphatic heterocycles. The van der Waals surface area contributed by atoms with Gasteiger partial charge in [0.2, 0.25) is 0 Å². The molecule has 0 aliphatic carbocycles. The van der Waals surface area contributed by atoms with Crippen molar-refractivity contribution in [2.75, 3.05) is 13.1 Å². The Labute approximate surface area is 108 Å². The molecule has 1 saturated heterocycles. The van der Waals surface area contributed by atoms with Gasteiger partial charge in [-0.1, -0.05) is 27.2 Å². The van der Waals surface area contributed by atoms with E-state index >= 15 is 0 Å². The van der Waals surface area contributed by atoms with Crippen molar-refractivity contribution >= 4 is 0 Å². The van der Waals surface area contributed by atoms with Gasteiger partial charge in [0.25, 0.3) is 0 Å². The predicted octanol–water partition coefficient (Wildman–Crippen LogP) is 3.27. The van der Waals surface area contributed by atoms with Crippen molar-refractivity contribution in [1.29, 1.82) is 0 Å². The number of nitrogens with one attached hydrogen (secondary N) is 1. The molecule has 2 nitrogen and oxygen atoms in total. The summed E-state index contributed by atoms with van der Waals surface area (Å²) in [6.45, 7) is 18.7. The molecule has 0 aromatic carbocycles. The number of hydrogen-bond acceptors (Lipinski definition) is 2. The molecule has 1 rings (SSSR count). The number of rotatable bonds is 4. The molecule has 1 aliphatic rings. The molecule has 0 radical (unpaired) electrons. The number of nitrogens with zero attached hydrogens (tertiary/aromatic N) is 1. The Bertz CT molecular complexity index is 243. The topological polar surface area (TPSA) is 15.3 Å². The van der Waals surface area contributed by atoms with Crippen LogP contribution in [0.4, 0.5) is 0 Å². The van der Waals surface area contributed by atoms with Crippen LogP contribution in [0.25, 0.3) is 0 Å². The second-order valence-electron chi connectivity index (χ2n) is 7.27. The molecule has 0 spiro atoms. The summed E-state index contributed by atoms with van der Waals surface area (Å²) >= 11 is 0. The Balaban J connectivity index is 2.87. The van der Waals surface area contributed by atoms with Gasteiger partial charge >= 0.3 is 0 Å². The van der Waals surface area contributed by atoms with E-state index in [0.717, 1.165) is 19.0 Å². The summed E-state index contributed by atoms with van der Waals surface area (Å²) in [4.78, 5) is 2.75. The maximum Gasteiger partial charge on any atom is 0.0253 e. The summed E-state index contributed by atoms with van der Waals surface area (Å²) in [6, 6.07) is 0.671. The van der Waals surface area contributed by atoms with Gasteiger partial charge in [-0.3, -0.25) is 4.90 Å². The highest BCUT2D eigenvalue weighted by atomic mass is 15.3. The molecule has 0 amide bonds. The van der Waals surface area contributed by atoms with Crippen LogP contribution in [0.5, 0.6) is 0 Å². The maximum absolute atomic E-state index is 3.69. The average molecular weight is 240 g/mol. The molecule has 1 heterocycles. The summed E-state index contributed by atoms with van der Waals surface area (Å²) in [6.07, 6.45) is 2.55. The van der Waals surface area contributed by atoms with E-state index in [2.05, 4.69) is 58.7 Å². The highest BCUT2D eigenvalue weighted by Crippen LogP contribution is 2.30. The predicted molar refractivity (Wildman–Crippen MR) is 76.4 cm³/mol. The fraction of sp³-hybridized carbons (Fsp3) is 1.00. The minimum atomic E-state index is 0.246. The third-order valence-corrected chi connectivity index (χ3v) is 4.16. The lowest BCUT2D eigenvalue weighted by Crippen LogP contribution is -2.67. The van der Waals surface area contributed by atoms with Gasteiger partial charge in [0.05, 0.1) is 0 Å². The Kier molecular flexibility index (Phi) is 4.65. The quantitative estimate of drug-likeness (QED) is 0.811. The van der Waals surface area contributed by atoms with Crippen molar-refractivity contribution in [3.63, 3.8) is 0 Å². The monoisotopic (exact) mass is 240 g/mol. The third kappa shape index (κ3) is 3.69.